The van der Waals surface area contributed by atoms with Crippen molar-refractivity contribution in [2.45, 2.75) is 25.3 Å². The smallest absolute Gasteiger partial charge is 0.158 e. The molecule has 114 valence electrons. The van der Waals surface area contributed by atoms with E-state index in [1.54, 1.807) is 10.9 Å². The van der Waals surface area contributed by atoms with Crippen LogP contribution in [0, 0.1) is 0 Å². The number of hydrogen-bond donors (Lipinski definition) is 0. The van der Waals surface area contributed by atoms with Crippen LogP contribution in [0.1, 0.15) is 30.0 Å². The van der Waals surface area contributed by atoms with E-state index in [2.05, 4.69) is 49.2 Å². The molecule has 4 aromatic rings. The van der Waals surface area contributed by atoms with Crippen LogP contribution >= 0.6 is 11.6 Å². The van der Waals surface area contributed by atoms with Crippen molar-refractivity contribution in [2.24, 2.45) is 0 Å². The molecule has 4 aromatic heterocycles. The SMILES string of the molecule is Clc1nccc2c1nnn2Cc1cn2cc(C3CC3)ccc2n1. The minimum absolute atomic E-state index is 0.373. The second-order valence-corrected chi connectivity index (χ2v) is 6.31. The van der Waals surface area contributed by atoms with Crippen molar-refractivity contribution in [1.29, 1.82) is 0 Å². The number of hydrogen-bond acceptors (Lipinski definition) is 4. The van der Waals surface area contributed by atoms with Gasteiger partial charge in [-0.15, -0.1) is 5.10 Å². The molecule has 1 fully saturated rings. The second kappa shape index (κ2) is 4.76. The van der Waals surface area contributed by atoms with Gasteiger partial charge < -0.3 is 4.40 Å². The van der Waals surface area contributed by atoms with Gasteiger partial charge in [0, 0.05) is 18.6 Å². The van der Waals surface area contributed by atoms with E-state index >= 15 is 0 Å². The van der Waals surface area contributed by atoms with Gasteiger partial charge >= 0.3 is 0 Å². The van der Waals surface area contributed by atoms with E-state index in [1.807, 2.05) is 6.07 Å². The van der Waals surface area contributed by atoms with Crippen molar-refractivity contribution in [1.82, 2.24) is 29.4 Å². The molecule has 7 heteroatoms. The Kier molecular flexibility index (Phi) is 2.69. The molecule has 6 nitrogen and oxygen atoms in total. The van der Waals surface area contributed by atoms with Crippen molar-refractivity contribution in [3.05, 3.63) is 53.2 Å². The number of rotatable bonds is 3. The summed E-state index contributed by atoms with van der Waals surface area (Å²) >= 11 is 6.04. The van der Waals surface area contributed by atoms with Crippen molar-refractivity contribution in [3.8, 4) is 0 Å². The summed E-state index contributed by atoms with van der Waals surface area (Å²) in [6.07, 6.45) is 8.50. The Morgan fingerprint density at radius 1 is 1.17 bits per heavy atom. The Balaban J connectivity index is 1.53. The van der Waals surface area contributed by atoms with E-state index in [1.165, 1.54) is 18.4 Å². The summed E-state index contributed by atoms with van der Waals surface area (Å²) in [5.41, 5.74) is 4.77. The maximum atomic E-state index is 6.04. The van der Waals surface area contributed by atoms with Crippen LogP contribution < -0.4 is 0 Å². The molecule has 0 atom stereocenters. The topological polar surface area (TPSA) is 60.9 Å². The maximum absolute atomic E-state index is 6.04. The predicted molar refractivity (Wildman–Crippen MR) is 86.6 cm³/mol. The standard InChI is InChI=1S/C16H13ClN6/c17-16-15-13(5-6-18-16)23(21-20-15)9-12-8-22-7-11(10-1-2-10)3-4-14(22)19-12/h3-8,10H,1-2,9H2. The van der Waals surface area contributed by atoms with Crippen LogP contribution in [-0.4, -0.2) is 29.4 Å². The highest BCUT2D eigenvalue weighted by Gasteiger charge is 2.23. The molecule has 0 aromatic carbocycles. The first-order valence-corrected chi connectivity index (χ1v) is 7.97. The molecule has 23 heavy (non-hydrogen) atoms. The molecule has 0 saturated heterocycles. The quantitative estimate of drug-likeness (QED) is 0.543. The zero-order valence-electron chi connectivity index (χ0n) is 12.2. The Bertz CT molecular complexity index is 1030. The number of pyridine rings is 2. The Labute approximate surface area is 136 Å². The van der Waals surface area contributed by atoms with E-state index in [0.717, 1.165) is 22.8 Å². The van der Waals surface area contributed by atoms with Gasteiger partial charge in [-0.25, -0.2) is 14.6 Å². The molecular formula is C16H13ClN6. The number of fused-ring (bicyclic) bond motifs is 2. The van der Waals surface area contributed by atoms with E-state index in [9.17, 15) is 0 Å². The molecule has 0 aliphatic heterocycles. The molecular weight excluding hydrogens is 312 g/mol. The van der Waals surface area contributed by atoms with Crippen LogP contribution in [0.3, 0.4) is 0 Å². The third kappa shape index (κ3) is 2.17. The van der Waals surface area contributed by atoms with E-state index in [0.29, 0.717) is 17.2 Å². The lowest BCUT2D eigenvalue weighted by atomic mass is 10.2. The summed E-state index contributed by atoms with van der Waals surface area (Å²) in [7, 11) is 0. The molecule has 1 aliphatic rings. The summed E-state index contributed by atoms with van der Waals surface area (Å²) in [6.45, 7) is 0.553. The van der Waals surface area contributed by atoms with E-state index < -0.39 is 0 Å². The van der Waals surface area contributed by atoms with Crippen LogP contribution in [-0.2, 0) is 6.54 Å². The molecule has 5 rings (SSSR count). The molecule has 0 amide bonds. The highest BCUT2D eigenvalue weighted by atomic mass is 35.5. The van der Waals surface area contributed by atoms with Crippen molar-refractivity contribution < 1.29 is 0 Å². The van der Waals surface area contributed by atoms with Gasteiger partial charge in [0.2, 0.25) is 0 Å². The molecule has 0 bridgehead atoms. The Hall–Kier alpha value is -2.47. The lowest BCUT2D eigenvalue weighted by Crippen LogP contribution is -2.02. The van der Waals surface area contributed by atoms with Crippen molar-refractivity contribution in [2.75, 3.05) is 0 Å². The molecule has 0 unspecified atom stereocenters. The zero-order chi connectivity index (χ0) is 15.4. The number of imidazole rings is 1. The molecule has 0 N–H and O–H groups in total. The van der Waals surface area contributed by atoms with Crippen LogP contribution in [0.5, 0.6) is 0 Å². The fourth-order valence-electron chi connectivity index (χ4n) is 2.93. The fourth-order valence-corrected chi connectivity index (χ4v) is 3.12. The fraction of sp³-hybridized carbons (Fsp3) is 0.250. The average molecular weight is 325 g/mol. The zero-order valence-corrected chi connectivity index (χ0v) is 13.0. The molecule has 4 heterocycles. The molecule has 0 spiro atoms. The van der Waals surface area contributed by atoms with Gasteiger partial charge in [0.05, 0.1) is 17.8 Å². The first kappa shape index (κ1) is 13.0. The first-order chi connectivity index (χ1) is 11.3. The van der Waals surface area contributed by atoms with Crippen molar-refractivity contribution in [3.63, 3.8) is 0 Å². The van der Waals surface area contributed by atoms with Gasteiger partial charge in [-0.2, -0.15) is 0 Å². The Morgan fingerprint density at radius 2 is 2.09 bits per heavy atom. The molecule has 1 saturated carbocycles. The summed E-state index contributed by atoms with van der Waals surface area (Å²) < 4.78 is 3.89. The molecule has 0 radical (unpaired) electrons. The van der Waals surface area contributed by atoms with Crippen LogP contribution in [0.2, 0.25) is 5.15 Å². The second-order valence-electron chi connectivity index (χ2n) is 5.95. The van der Waals surface area contributed by atoms with Crippen LogP contribution in [0.25, 0.3) is 16.7 Å². The van der Waals surface area contributed by atoms with Crippen molar-refractivity contribution >= 4 is 28.3 Å². The van der Waals surface area contributed by atoms with E-state index in [4.69, 9.17) is 11.6 Å². The third-order valence-corrected chi connectivity index (χ3v) is 4.55. The minimum Gasteiger partial charge on any atom is -0.306 e. The summed E-state index contributed by atoms with van der Waals surface area (Å²) in [5.74, 6) is 0.735. The highest BCUT2D eigenvalue weighted by Crippen LogP contribution is 2.39. The van der Waals surface area contributed by atoms with Gasteiger partial charge in [-0.3, -0.25) is 0 Å². The summed E-state index contributed by atoms with van der Waals surface area (Å²) in [4.78, 5) is 8.69. The predicted octanol–water partition coefficient (Wildman–Crippen LogP) is 3.05. The lowest BCUT2D eigenvalue weighted by Gasteiger charge is -1.98. The highest BCUT2D eigenvalue weighted by molar-refractivity contribution is 6.33. The van der Waals surface area contributed by atoms with Crippen LogP contribution in [0.4, 0.5) is 0 Å². The van der Waals surface area contributed by atoms with Crippen LogP contribution in [0.15, 0.2) is 36.8 Å². The van der Waals surface area contributed by atoms with Gasteiger partial charge in [-0.1, -0.05) is 22.9 Å². The normalized spacial score (nSPS) is 14.8. The first-order valence-electron chi connectivity index (χ1n) is 7.59. The summed E-state index contributed by atoms with van der Waals surface area (Å²) in [6, 6.07) is 6.12. The Morgan fingerprint density at radius 3 is 2.96 bits per heavy atom. The lowest BCUT2D eigenvalue weighted by molar-refractivity contribution is 0.660. The number of halogens is 1. The van der Waals surface area contributed by atoms with Gasteiger partial charge in [-0.05, 0) is 36.5 Å². The van der Waals surface area contributed by atoms with Gasteiger partial charge in [0.1, 0.15) is 11.2 Å². The average Bonchev–Trinajstić information content (AvgIpc) is 3.20. The monoisotopic (exact) mass is 324 g/mol. The number of aromatic nitrogens is 6. The largest absolute Gasteiger partial charge is 0.306 e. The third-order valence-electron chi connectivity index (χ3n) is 4.27. The number of nitrogens with zero attached hydrogens (tertiary/aromatic N) is 6. The summed E-state index contributed by atoms with van der Waals surface area (Å²) in [5, 5.41) is 8.64. The maximum Gasteiger partial charge on any atom is 0.158 e. The van der Waals surface area contributed by atoms with E-state index in [-0.39, 0.29) is 0 Å². The van der Waals surface area contributed by atoms with Gasteiger partial charge in [0.25, 0.3) is 0 Å². The molecule has 1 aliphatic carbocycles. The van der Waals surface area contributed by atoms with Gasteiger partial charge in [0.15, 0.2) is 5.15 Å². The minimum atomic E-state index is 0.373.